The Balaban J connectivity index is 2.36. The van der Waals surface area contributed by atoms with Gasteiger partial charge in [-0.3, -0.25) is 10.1 Å². The molecule has 1 fully saturated rings. The van der Waals surface area contributed by atoms with Crippen molar-refractivity contribution in [1.82, 2.24) is 0 Å². The number of anilines is 1. The molecule has 0 aromatic heterocycles. The second-order valence-electron chi connectivity index (χ2n) is 4.31. The van der Waals surface area contributed by atoms with E-state index in [1.165, 1.54) is 18.6 Å². The van der Waals surface area contributed by atoms with Gasteiger partial charge in [0, 0.05) is 24.8 Å². The molecule has 1 aliphatic rings. The molecule has 0 spiro atoms. The summed E-state index contributed by atoms with van der Waals surface area (Å²) in [5, 5.41) is 19.8. The van der Waals surface area contributed by atoms with Gasteiger partial charge in [-0.15, -0.1) is 0 Å². The van der Waals surface area contributed by atoms with Crippen molar-refractivity contribution in [2.24, 2.45) is 0 Å². The lowest BCUT2D eigenvalue weighted by atomic mass is 10.1. The van der Waals surface area contributed by atoms with Gasteiger partial charge < -0.3 is 10.0 Å². The molecular formula is C12H14N2O4. The van der Waals surface area contributed by atoms with Crippen molar-refractivity contribution < 1.29 is 14.8 Å². The first kappa shape index (κ1) is 12.3. The van der Waals surface area contributed by atoms with Gasteiger partial charge in [-0.25, -0.2) is 4.79 Å². The number of benzene rings is 1. The van der Waals surface area contributed by atoms with Crippen molar-refractivity contribution in [1.29, 1.82) is 0 Å². The van der Waals surface area contributed by atoms with Gasteiger partial charge in [0.05, 0.1) is 4.92 Å². The van der Waals surface area contributed by atoms with Crippen molar-refractivity contribution in [3.8, 4) is 0 Å². The number of carboxylic acids is 1. The van der Waals surface area contributed by atoms with Crippen LogP contribution in [-0.4, -0.2) is 29.1 Å². The molecule has 18 heavy (non-hydrogen) atoms. The number of nitro groups is 1. The Bertz CT molecular complexity index is 481. The van der Waals surface area contributed by atoms with E-state index in [9.17, 15) is 14.9 Å². The highest BCUT2D eigenvalue weighted by atomic mass is 16.6. The molecule has 2 rings (SSSR count). The smallest absolute Gasteiger partial charge is 0.342 e. The van der Waals surface area contributed by atoms with E-state index in [-0.39, 0.29) is 11.3 Å². The Morgan fingerprint density at radius 3 is 2.50 bits per heavy atom. The Kier molecular flexibility index (Phi) is 3.45. The summed E-state index contributed by atoms with van der Waals surface area (Å²) in [7, 11) is 0. The number of carboxylic acid groups (broad SMARTS) is 1. The van der Waals surface area contributed by atoms with E-state index in [2.05, 4.69) is 4.90 Å². The van der Waals surface area contributed by atoms with Crippen LogP contribution in [0, 0.1) is 10.1 Å². The van der Waals surface area contributed by atoms with E-state index in [1.54, 1.807) is 6.07 Å². The third-order valence-electron chi connectivity index (χ3n) is 3.13. The van der Waals surface area contributed by atoms with Gasteiger partial charge in [0.2, 0.25) is 0 Å². The Labute approximate surface area is 104 Å². The summed E-state index contributed by atoms with van der Waals surface area (Å²) >= 11 is 0. The quantitative estimate of drug-likeness (QED) is 0.657. The molecule has 0 amide bonds. The standard InChI is InChI=1S/C12H14N2O4/c15-12(16)10-5-4-9(8-11(10)14(17)18)13-6-2-1-3-7-13/h4-5,8H,1-3,6-7H2,(H,15,16). The molecule has 1 saturated heterocycles. The fourth-order valence-corrected chi connectivity index (χ4v) is 2.20. The maximum absolute atomic E-state index is 10.9. The monoisotopic (exact) mass is 250 g/mol. The molecule has 0 aliphatic carbocycles. The number of carbonyl (C=O) groups is 1. The molecule has 0 saturated carbocycles. The second kappa shape index (κ2) is 5.03. The van der Waals surface area contributed by atoms with Gasteiger partial charge >= 0.3 is 5.97 Å². The van der Waals surface area contributed by atoms with Crippen molar-refractivity contribution in [3.63, 3.8) is 0 Å². The number of rotatable bonds is 3. The molecule has 6 nitrogen and oxygen atoms in total. The van der Waals surface area contributed by atoms with Crippen molar-refractivity contribution in [3.05, 3.63) is 33.9 Å². The average molecular weight is 250 g/mol. The highest BCUT2D eigenvalue weighted by Crippen LogP contribution is 2.27. The Morgan fingerprint density at radius 1 is 1.28 bits per heavy atom. The summed E-state index contributed by atoms with van der Waals surface area (Å²) in [5.74, 6) is -1.27. The van der Waals surface area contributed by atoms with E-state index >= 15 is 0 Å². The summed E-state index contributed by atoms with van der Waals surface area (Å²) in [6.45, 7) is 1.73. The highest BCUT2D eigenvalue weighted by Gasteiger charge is 2.22. The predicted molar refractivity (Wildman–Crippen MR) is 66.1 cm³/mol. The summed E-state index contributed by atoms with van der Waals surface area (Å²) in [6, 6.07) is 4.31. The van der Waals surface area contributed by atoms with Gasteiger partial charge in [-0.1, -0.05) is 0 Å². The normalized spacial score (nSPS) is 15.4. The molecule has 1 aromatic carbocycles. The molecule has 6 heteroatoms. The van der Waals surface area contributed by atoms with Gasteiger partial charge in [0.1, 0.15) is 5.56 Å². The Hall–Kier alpha value is -2.11. The number of hydrogen-bond donors (Lipinski definition) is 1. The largest absolute Gasteiger partial charge is 0.477 e. The van der Waals surface area contributed by atoms with Crippen LogP contribution in [0.4, 0.5) is 11.4 Å². The zero-order chi connectivity index (χ0) is 13.1. The summed E-state index contributed by atoms with van der Waals surface area (Å²) in [4.78, 5) is 23.2. The molecule has 1 heterocycles. The SMILES string of the molecule is O=C(O)c1ccc(N2CCCCC2)cc1[N+](=O)[O-]. The topological polar surface area (TPSA) is 83.7 Å². The molecule has 1 aliphatic heterocycles. The van der Waals surface area contributed by atoms with E-state index in [0.717, 1.165) is 31.6 Å². The van der Waals surface area contributed by atoms with Crippen LogP contribution in [0.2, 0.25) is 0 Å². The van der Waals surface area contributed by atoms with Crippen molar-refractivity contribution in [2.45, 2.75) is 19.3 Å². The third kappa shape index (κ3) is 2.42. The van der Waals surface area contributed by atoms with E-state index in [4.69, 9.17) is 5.11 Å². The third-order valence-corrected chi connectivity index (χ3v) is 3.13. The number of nitro benzene ring substituents is 1. The minimum atomic E-state index is -1.27. The maximum Gasteiger partial charge on any atom is 0.342 e. The molecule has 1 aromatic rings. The van der Waals surface area contributed by atoms with E-state index in [1.807, 2.05) is 0 Å². The second-order valence-corrected chi connectivity index (χ2v) is 4.31. The Morgan fingerprint density at radius 2 is 1.94 bits per heavy atom. The van der Waals surface area contributed by atoms with Crippen LogP contribution in [0.5, 0.6) is 0 Å². The minimum absolute atomic E-state index is 0.263. The van der Waals surface area contributed by atoms with Gasteiger partial charge in [-0.05, 0) is 31.4 Å². The fraction of sp³-hybridized carbons (Fsp3) is 0.417. The summed E-state index contributed by atoms with van der Waals surface area (Å²) in [6.07, 6.45) is 3.30. The molecule has 0 bridgehead atoms. The number of aromatic carboxylic acids is 1. The van der Waals surface area contributed by atoms with Gasteiger partial charge in [0.15, 0.2) is 0 Å². The van der Waals surface area contributed by atoms with Crippen molar-refractivity contribution >= 4 is 17.3 Å². The fourth-order valence-electron chi connectivity index (χ4n) is 2.20. The van der Waals surface area contributed by atoms with E-state index in [0.29, 0.717) is 0 Å². The summed E-state index contributed by atoms with van der Waals surface area (Å²) < 4.78 is 0. The molecule has 0 radical (unpaired) electrons. The number of piperidine rings is 1. The predicted octanol–water partition coefficient (Wildman–Crippen LogP) is 2.28. The highest BCUT2D eigenvalue weighted by molar-refractivity contribution is 5.93. The number of nitrogens with zero attached hydrogens (tertiary/aromatic N) is 2. The van der Waals surface area contributed by atoms with Gasteiger partial charge in [0.25, 0.3) is 5.69 Å². The maximum atomic E-state index is 10.9. The van der Waals surface area contributed by atoms with Crippen LogP contribution >= 0.6 is 0 Å². The molecule has 1 N–H and O–H groups in total. The molecular weight excluding hydrogens is 236 g/mol. The summed E-state index contributed by atoms with van der Waals surface area (Å²) in [5.41, 5.74) is 0.123. The molecule has 96 valence electrons. The van der Waals surface area contributed by atoms with Crippen LogP contribution in [0.3, 0.4) is 0 Å². The zero-order valence-corrected chi connectivity index (χ0v) is 9.83. The molecule has 0 unspecified atom stereocenters. The first-order chi connectivity index (χ1) is 8.59. The van der Waals surface area contributed by atoms with Crippen LogP contribution < -0.4 is 4.90 Å². The van der Waals surface area contributed by atoms with E-state index < -0.39 is 10.9 Å². The van der Waals surface area contributed by atoms with Gasteiger partial charge in [-0.2, -0.15) is 0 Å². The van der Waals surface area contributed by atoms with Crippen LogP contribution in [0.1, 0.15) is 29.6 Å². The lowest BCUT2D eigenvalue weighted by molar-refractivity contribution is -0.385. The minimum Gasteiger partial charge on any atom is -0.477 e. The lowest BCUT2D eigenvalue weighted by Gasteiger charge is -2.28. The molecule has 0 atom stereocenters. The van der Waals surface area contributed by atoms with Crippen LogP contribution in [0.15, 0.2) is 18.2 Å². The zero-order valence-electron chi connectivity index (χ0n) is 9.83. The average Bonchev–Trinajstić information content (AvgIpc) is 2.39. The van der Waals surface area contributed by atoms with Crippen LogP contribution in [-0.2, 0) is 0 Å². The number of hydrogen-bond acceptors (Lipinski definition) is 4. The van der Waals surface area contributed by atoms with Crippen molar-refractivity contribution in [2.75, 3.05) is 18.0 Å². The first-order valence-electron chi connectivity index (χ1n) is 5.86. The van der Waals surface area contributed by atoms with Crippen LogP contribution in [0.25, 0.3) is 0 Å². The lowest BCUT2D eigenvalue weighted by Crippen LogP contribution is -2.29. The first-order valence-corrected chi connectivity index (χ1v) is 5.86.